The lowest BCUT2D eigenvalue weighted by Gasteiger charge is -2.27. The molecule has 2 aliphatic rings. The average Bonchev–Trinajstić information content (AvgIpc) is 3.88. The van der Waals surface area contributed by atoms with E-state index in [0.29, 0.717) is 0 Å². The number of rotatable bonds is 10. The highest BCUT2D eigenvalue weighted by Crippen LogP contribution is 2.56. The van der Waals surface area contributed by atoms with Gasteiger partial charge in [0.1, 0.15) is 16.1 Å². The second kappa shape index (κ2) is 13.4. The highest BCUT2D eigenvalue weighted by molar-refractivity contribution is 7.19. The molecule has 3 aromatic carbocycles. The fourth-order valence-corrected chi connectivity index (χ4v) is 19.4. The molecule has 242 valence electrons. The monoisotopic (exact) mass is 694 g/mol. The van der Waals surface area contributed by atoms with Crippen LogP contribution in [0.5, 0.6) is 0 Å². The van der Waals surface area contributed by atoms with Crippen LogP contribution in [0.3, 0.4) is 0 Å². The molecule has 0 aliphatic carbocycles. The maximum absolute atomic E-state index is 2.59. The molecular formula is C44H46S2Si2. The Labute approximate surface area is 298 Å². The molecule has 0 atom stereocenters. The summed E-state index contributed by atoms with van der Waals surface area (Å²) in [4.78, 5) is 2.89. The zero-order valence-corrected chi connectivity index (χ0v) is 32.8. The van der Waals surface area contributed by atoms with Gasteiger partial charge in [0.15, 0.2) is 0 Å². The van der Waals surface area contributed by atoms with Gasteiger partial charge < -0.3 is 0 Å². The van der Waals surface area contributed by atoms with E-state index in [4.69, 9.17) is 0 Å². The topological polar surface area (TPSA) is 0 Å². The molecule has 0 saturated carbocycles. The smallest absolute Gasteiger partial charge is 0.116 e. The van der Waals surface area contributed by atoms with Crippen LogP contribution >= 0.6 is 22.7 Å². The van der Waals surface area contributed by atoms with E-state index in [9.17, 15) is 0 Å². The first kappa shape index (κ1) is 33.0. The van der Waals surface area contributed by atoms with E-state index in [1.165, 1.54) is 43.2 Å². The van der Waals surface area contributed by atoms with Crippen molar-refractivity contribution in [3.8, 4) is 0 Å². The molecule has 5 aromatic rings. The Kier molecular flexibility index (Phi) is 9.20. The molecule has 2 aromatic heterocycles. The van der Waals surface area contributed by atoms with Gasteiger partial charge in [0.05, 0.1) is 0 Å². The fraction of sp³-hybridized carbons (Fsp3) is 0.227. The van der Waals surface area contributed by atoms with Crippen LogP contribution in [0, 0.1) is 0 Å². The highest BCUT2D eigenvalue weighted by atomic mass is 32.1. The summed E-state index contributed by atoms with van der Waals surface area (Å²) in [6.45, 7) is 15.0. The quantitative estimate of drug-likeness (QED) is 0.128. The van der Waals surface area contributed by atoms with Gasteiger partial charge in [-0.1, -0.05) is 150 Å². The van der Waals surface area contributed by atoms with E-state index in [0.717, 1.165) is 25.7 Å². The Balaban J connectivity index is 1.39. The summed E-state index contributed by atoms with van der Waals surface area (Å²) >= 11 is 3.81. The minimum Gasteiger partial charge on any atom is -0.145 e. The van der Waals surface area contributed by atoms with Gasteiger partial charge in [-0.25, -0.2) is 0 Å². The Hall–Kier alpha value is -3.55. The average molecular weight is 695 g/mol. The van der Waals surface area contributed by atoms with Gasteiger partial charge in [-0.3, -0.25) is 0 Å². The van der Waals surface area contributed by atoms with Gasteiger partial charge in [0.2, 0.25) is 0 Å². The number of benzene rings is 3. The summed E-state index contributed by atoms with van der Waals surface area (Å²) < 4.78 is 0. The van der Waals surface area contributed by atoms with Crippen LogP contribution in [-0.4, -0.2) is 16.1 Å². The third-order valence-corrected chi connectivity index (χ3v) is 19.7. The summed E-state index contributed by atoms with van der Waals surface area (Å²) in [5.74, 6) is 0. The molecule has 0 saturated heterocycles. The zero-order valence-electron chi connectivity index (χ0n) is 29.2. The highest BCUT2D eigenvalue weighted by Gasteiger charge is 2.45. The van der Waals surface area contributed by atoms with E-state index in [2.05, 4.69) is 160 Å². The van der Waals surface area contributed by atoms with Crippen molar-refractivity contribution in [2.45, 2.75) is 65.7 Å². The first-order valence-electron chi connectivity index (χ1n) is 17.6. The Morgan fingerprint density at radius 1 is 0.417 bits per heavy atom. The second-order valence-electron chi connectivity index (χ2n) is 14.2. The van der Waals surface area contributed by atoms with Gasteiger partial charge in [-0.15, -0.1) is 22.7 Å². The first-order valence-corrected chi connectivity index (χ1v) is 25.3. The second-order valence-corrected chi connectivity index (χ2v) is 24.6. The molecule has 4 heterocycles. The summed E-state index contributed by atoms with van der Waals surface area (Å²) in [5, 5.41) is 11.0. The van der Waals surface area contributed by atoms with Crippen LogP contribution in [0.2, 0.25) is 26.2 Å². The Morgan fingerprint density at radius 2 is 0.792 bits per heavy atom. The van der Waals surface area contributed by atoms with Crippen molar-refractivity contribution in [2.24, 2.45) is 0 Å². The zero-order chi connectivity index (χ0) is 33.5. The molecular weight excluding hydrogens is 649 g/mol. The van der Waals surface area contributed by atoms with E-state index in [1.54, 1.807) is 31.9 Å². The minimum absolute atomic E-state index is 1.10. The number of hydrogen-bond acceptors (Lipinski definition) is 2. The van der Waals surface area contributed by atoms with Gasteiger partial charge in [0, 0.05) is 9.75 Å². The lowest BCUT2D eigenvalue weighted by Crippen LogP contribution is -2.29. The van der Waals surface area contributed by atoms with Crippen molar-refractivity contribution in [1.82, 2.24) is 0 Å². The number of hydrogen-bond donors (Lipinski definition) is 0. The maximum Gasteiger partial charge on any atom is 0.116 e. The van der Waals surface area contributed by atoms with Crippen LogP contribution in [0.4, 0.5) is 0 Å². The van der Waals surface area contributed by atoms with Crippen LogP contribution < -0.4 is 0 Å². The molecule has 0 bridgehead atoms. The molecule has 0 nitrogen and oxygen atoms in total. The van der Waals surface area contributed by atoms with Crippen molar-refractivity contribution in [3.63, 3.8) is 0 Å². The summed E-state index contributed by atoms with van der Waals surface area (Å²) in [7, 11) is -4.07. The normalized spacial score (nSPS) is 17.3. The summed E-state index contributed by atoms with van der Waals surface area (Å²) in [5.41, 5.74) is 11.7. The summed E-state index contributed by atoms with van der Waals surface area (Å²) in [6.07, 6.45) is 4.49. The molecule has 0 unspecified atom stereocenters. The van der Waals surface area contributed by atoms with E-state index < -0.39 is 16.1 Å². The third-order valence-electron chi connectivity index (χ3n) is 10.3. The number of allylic oxidation sites excluding steroid dienone is 4. The third kappa shape index (κ3) is 5.57. The minimum atomic E-state index is -2.04. The van der Waals surface area contributed by atoms with Crippen LogP contribution in [0.15, 0.2) is 131 Å². The number of thiophene rings is 2. The van der Waals surface area contributed by atoms with Crippen molar-refractivity contribution >= 4 is 70.8 Å². The SMILES string of the molecule is CCCC1=C(c2ccc(C3=C(CCC)C(c4ccccc4)=C(c4cccs4)[Si]3(C)C)cc2)[Si](C)(C)C(c2cccs2)=C1c1ccccc1. The molecule has 2 aliphatic heterocycles. The van der Waals surface area contributed by atoms with Gasteiger partial charge >= 0.3 is 0 Å². The predicted octanol–water partition coefficient (Wildman–Crippen LogP) is 13.7. The van der Waals surface area contributed by atoms with Gasteiger partial charge in [0.25, 0.3) is 0 Å². The molecule has 4 heteroatoms. The fourth-order valence-electron chi connectivity index (χ4n) is 8.61. The molecule has 0 N–H and O–H groups in total. The van der Waals surface area contributed by atoms with Crippen LogP contribution in [-0.2, 0) is 0 Å². The van der Waals surface area contributed by atoms with Crippen molar-refractivity contribution in [2.75, 3.05) is 0 Å². The van der Waals surface area contributed by atoms with Crippen molar-refractivity contribution in [3.05, 3.63) is 163 Å². The molecule has 7 rings (SSSR count). The van der Waals surface area contributed by atoms with Crippen LogP contribution in [0.25, 0.3) is 31.9 Å². The lowest BCUT2D eigenvalue weighted by molar-refractivity contribution is 0.935. The predicted molar refractivity (Wildman–Crippen MR) is 220 cm³/mol. The van der Waals surface area contributed by atoms with E-state index in [-0.39, 0.29) is 0 Å². The maximum atomic E-state index is 2.59. The van der Waals surface area contributed by atoms with E-state index >= 15 is 0 Å². The van der Waals surface area contributed by atoms with Gasteiger partial charge in [-0.2, -0.15) is 0 Å². The molecule has 0 radical (unpaired) electrons. The Morgan fingerprint density at radius 3 is 1.10 bits per heavy atom. The molecule has 48 heavy (non-hydrogen) atoms. The van der Waals surface area contributed by atoms with E-state index in [1.807, 2.05) is 22.7 Å². The molecule has 0 amide bonds. The molecule has 0 fully saturated rings. The van der Waals surface area contributed by atoms with Crippen molar-refractivity contribution in [1.29, 1.82) is 0 Å². The molecule has 0 spiro atoms. The Bertz CT molecular complexity index is 1890. The standard InChI is InChI=1S/C44H46S2Si2/c1-7-17-35-39(31-19-11-9-12-20-31)43(37-23-15-29-45-37)47(3,4)41(35)33-25-27-34(28-26-33)42-36(18-8-2)40(32-21-13-10-14-22-32)44(48(42,5)6)38-24-16-30-46-38/h9-16,19-30H,7-8,17-18H2,1-6H3. The van der Waals surface area contributed by atoms with Crippen LogP contribution in [0.1, 0.15) is 71.5 Å². The first-order chi connectivity index (χ1) is 23.3. The van der Waals surface area contributed by atoms with Gasteiger partial charge in [-0.05, 0) is 101 Å². The summed E-state index contributed by atoms with van der Waals surface area (Å²) in [6, 6.07) is 41.5. The van der Waals surface area contributed by atoms with Crippen molar-refractivity contribution < 1.29 is 0 Å². The lowest BCUT2D eigenvalue weighted by atomic mass is 9.91. The largest absolute Gasteiger partial charge is 0.145 e.